The first-order valence-corrected chi connectivity index (χ1v) is 8.61. The van der Waals surface area contributed by atoms with E-state index in [0.29, 0.717) is 5.75 Å². The van der Waals surface area contributed by atoms with Crippen molar-refractivity contribution in [1.29, 1.82) is 0 Å². The molecule has 1 aromatic rings. The summed E-state index contributed by atoms with van der Waals surface area (Å²) in [6.45, 7) is 0.506. The second kappa shape index (κ2) is 7.63. The van der Waals surface area contributed by atoms with Crippen molar-refractivity contribution in [1.82, 2.24) is 9.44 Å². The number of hydrogen-bond acceptors (Lipinski definition) is 4. The van der Waals surface area contributed by atoms with Crippen LogP contribution in [0.3, 0.4) is 0 Å². The molecule has 1 aliphatic carbocycles. The second-order valence-corrected chi connectivity index (χ2v) is 6.55. The van der Waals surface area contributed by atoms with E-state index in [4.69, 9.17) is 9.47 Å². The topological polar surface area (TPSA) is 76.7 Å². The Morgan fingerprint density at radius 3 is 2.38 bits per heavy atom. The Balaban J connectivity index is 1.68. The molecule has 0 aliphatic heterocycles. The fraction of sp³-hybridized carbons (Fsp3) is 0.571. The molecule has 21 heavy (non-hydrogen) atoms. The fourth-order valence-electron chi connectivity index (χ4n) is 2.32. The third-order valence-electron chi connectivity index (χ3n) is 3.40. The molecule has 1 saturated carbocycles. The van der Waals surface area contributed by atoms with Crippen molar-refractivity contribution >= 4 is 10.2 Å². The Hall–Kier alpha value is -1.31. The number of nitrogens with one attached hydrogen (secondary N) is 2. The third-order valence-corrected chi connectivity index (χ3v) is 4.63. The summed E-state index contributed by atoms with van der Waals surface area (Å²) < 4.78 is 39.2. The lowest BCUT2D eigenvalue weighted by Gasteiger charge is -2.13. The van der Waals surface area contributed by atoms with E-state index in [-0.39, 0.29) is 19.2 Å². The second-order valence-electron chi connectivity index (χ2n) is 5.02. The van der Waals surface area contributed by atoms with Crippen LogP contribution in [0.2, 0.25) is 0 Å². The summed E-state index contributed by atoms with van der Waals surface area (Å²) in [7, 11) is -1.83. The Bertz CT molecular complexity index is 524. The van der Waals surface area contributed by atoms with Crippen LogP contribution in [0.15, 0.2) is 24.3 Å². The lowest BCUT2D eigenvalue weighted by molar-refractivity contribution is 0.321. The first kappa shape index (κ1) is 16.1. The smallest absolute Gasteiger partial charge is 0.277 e. The zero-order valence-electron chi connectivity index (χ0n) is 12.2. The van der Waals surface area contributed by atoms with E-state index in [1.54, 1.807) is 31.4 Å². The maximum absolute atomic E-state index is 11.8. The fourth-order valence-corrected chi connectivity index (χ4v) is 3.43. The van der Waals surface area contributed by atoms with E-state index in [1.807, 2.05) is 0 Å². The van der Waals surface area contributed by atoms with E-state index in [9.17, 15) is 8.42 Å². The monoisotopic (exact) mass is 314 g/mol. The van der Waals surface area contributed by atoms with Crippen LogP contribution in [-0.2, 0) is 10.2 Å². The highest BCUT2D eigenvalue weighted by Crippen LogP contribution is 2.18. The average molecular weight is 314 g/mol. The molecule has 6 nitrogen and oxygen atoms in total. The van der Waals surface area contributed by atoms with Gasteiger partial charge in [0.05, 0.1) is 7.11 Å². The van der Waals surface area contributed by atoms with Crippen molar-refractivity contribution in [2.75, 3.05) is 20.3 Å². The third kappa shape index (κ3) is 5.53. The highest BCUT2D eigenvalue weighted by molar-refractivity contribution is 7.87. The van der Waals surface area contributed by atoms with E-state index >= 15 is 0 Å². The summed E-state index contributed by atoms with van der Waals surface area (Å²) in [5.74, 6) is 1.43. The van der Waals surface area contributed by atoms with Gasteiger partial charge in [-0.1, -0.05) is 12.8 Å². The van der Waals surface area contributed by atoms with Crippen LogP contribution in [0, 0.1) is 0 Å². The number of benzene rings is 1. The number of ether oxygens (including phenoxy) is 2. The minimum Gasteiger partial charge on any atom is -0.497 e. The Kier molecular flexibility index (Phi) is 5.84. The lowest BCUT2D eigenvalue weighted by Crippen LogP contribution is -2.42. The molecule has 2 rings (SSSR count). The largest absolute Gasteiger partial charge is 0.497 e. The van der Waals surface area contributed by atoms with Crippen LogP contribution in [0.1, 0.15) is 25.7 Å². The average Bonchev–Trinajstić information content (AvgIpc) is 2.96. The lowest BCUT2D eigenvalue weighted by atomic mass is 10.3. The predicted octanol–water partition coefficient (Wildman–Crippen LogP) is 1.44. The van der Waals surface area contributed by atoms with Gasteiger partial charge in [-0.3, -0.25) is 0 Å². The van der Waals surface area contributed by atoms with E-state index in [0.717, 1.165) is 31.4 Å². The Labute approximate surface area is 126 Å². The number of hydrogen-bond donors (Lipinski definition) is 2. The minimum atomic E-state index is -3.43. The van der Waals surface area contributed by atoms with Gasteiger partial charge in [-0.2, -0.15) is 17.9 Å². The molecule has 0 spiro atoms. The Morgan fingerprint density at radius 2 is 1.76 bits per heavy atom. The van der Waals surface area contributed by atoms with Gasteiger partial charge in [-0.15, -0.1) is 0 Å². The number of rotatable bonds is 8. The van der Waals surface area contributed by atoms with Gasteiger partial charge in [0, 0.05) is 12.6 Å². The van der Waals surface area contributed by atoms with Crippen LogP contribution in [0.25, 0.3) is 0 Å². The maximum Gasteiger partial charge on any atom is 0.277 e. The van der Waals surface area contributed by atoms with Crippen molar-refractivity contribution < 1.29 is 17.9 Å². The molecule has 0 aromatic heterocycles. The van der Waals surface area contributed by atoms with Gasteiger partial charge < -0.3 is 9.47 Å². The molecular formula is C14H22N2O4S. The molecule has 0 heterocycles. The van der Waals surface area contributed by atoms with Gasteiger partial charge in [0.15, 0.2) is 0 Å². The zero-order chi connectivity index (χ0) is 15.1. The highest BCUT2D eigenvalue weighted by Gasteiger charge is 2.20. The van der Waals surface area contributed by atoms with Crippen LogP contribution in [-0.4, -0.2) is 34.7 Å². The van der Waals surface area contributed by atoms with Crippen LogP contribution in [0.4, 0.5) is 0 Å². The molecule has 118 valence electrons. The predicted molar refractivity (Wildman–Crippen MR) is 80.8 cm³/mol. The van der Waals surface area contributed by atoms with Crippen LogP contribution < -0.4 is 18.9 Å². The zero-order valence-corrected chi connectivity index (χ0v) is 13.0. The van der Waals surface area contributed by atoms with E-state index < -0.39 is 10.2 Å². The molecule has 0 bridgehead atoms. The van der Waals surface area contributed by atoms with Crippen LogP contribution >= 0.6 is 0 Å². The molecule has 1 fully saturated rings. The van der Waals surface area contributed by atoms with Crippen molar-refractivity contribution in [3.63, 3.8) is 0 Å². The molecule has 7 heteroatoms. The number of methoxy groups -OCH3 is 1. The molecular weight excluding hydrogens is 292 g/mol. The summed E-state index contributed by atoms with van der Waals surface area (Å²) >= 11 is 0. The van der Waals surface area contributed by atoms with Gasteiger partial charge in [-0.05, 0) is 37.1 Å². The van der Waals surface area contributed by atoms with E-state index in [1.165, 1.54) is 0 Å². The summed E-state index contributed by atoms with van der Waals surface area (Å²) in [4.78, 5) is 0. The van der Waals surface area contributed by atoms with Crippen molar-refractivity contribution in [2.45, 2.75) is 31.7 Å². The van der Waals surface area contributed by atoms with Gasteiger partial charge in [-0.25, -0.2) is 0 Å². The Morgan fingerprint density at radius 1 is 1.14 bits per heavy atom. The van der Waals surface area contributed by atoms with Crippen molar-refractivity contribution in [2.24, 2.45) is 0 Å². The molecule has 0 unspecified atom stereocenters. The summed E-state index contributed by atoms with van der Waals surface area (Å²) in [5, 5.41) is 0. The SMILES string of the molecule is COc1ccc(OCCNS(=O)(=O)NC2CCCC2)cc1. The molecule has 0 amide bonds. The quantitative estimate of drug-likeness (QED) is 0.712. The first-order chi connectivity index (χ1) is 10.1. The van der Waals surface area contributed by atoms with Crippen molar-refractivity contribution in [3.05, 3.63) is 24.3 Å². The first-order valence-electron chi connectivity index (χ1n) is 7.13. The molecule has 0 radical (unpaired) electrons. The minimum absolute atomic E-state index is 0.0741. The standard InChI is InChI=1S/C14H22N2O4S/c1-19-13-6-8-14(9-7-13)20-11-10-15-21(17,18)16-12-4-2-3-5-12/h6-9,12,15-16H,2-5,10-11H2,1H3. The van der Waals surface area contributed by atoms with Crippen LogP contribution in [0.5, 0.6) is 11.5 Å². The van der Waals surface area contributed by atoms with E-state index in [2.05, 4.69) is 9.44 Å². The van der Waals surface area contributed by atoms with Crippen molar-refractivity contribution in [3.8, 4) is 11.5 Å². The molecule has 1 aromatic carbocycles. The normalized spacial score (nSPS) is 16.0. The summed E-state index contributed by atoms with van der Waals surface area (Å²) in [6, 6.07) is 7.22. The molecule has 0 saturated heterocycles. The molecule has 1 aliphatic rings. The maximum atomic E-state index is 11.8. The highest BCUT2D eigenvalue weighted by atomic mass is 32.2. The van der Waals surface area contributed by atoms with Gasteiger partial charge >= 0.3 is 0 Å². The molecule has 0 atom stereocenters. The molecule has 2 N–H and O–H groups in total. The summed E-state index contributed by atoms with van der Waals surface area (Å²) in [6.07, 6.45) is 4.02. The van der Waals surface area contributed by atoms with Gasteiger partial charge in [0.1, 0.15) is 18.1 Å². The van der Waals surface area contributed by atoms with Gasteiger partial charge in [0.25, 0.3) is 10.2 Å². The van der Waals surface area contributed by atoms with Gasteiger partial charge in [0.2, 0.25) is 0 Å². The summed E-state index contributed by atoms with van der Waals surface area (Å²) in [5.41, 5.74) is 0.